The number of hydrogen-bond donors (Lipinski definition) is 2. The van der Waals surface area contributed by atoms with Gasteiger partial charge in [-0.05, 0) is 39.0 Å². The van der Waals surface area contributed by atoms with Crippen LogP contribution < -0.4 is 0 Å². The lowest BCUT2D eigenvalue weighted by Crippen LogP contribution is -2.57. The summed E-state index contributed by atoms with van der Waals surface area (Å²) < 4.78 is 11.9. The molecule has 35 heavy (non-hydrogen) atoms. The van der Waals surface area contributed by atoms with Gasteiger partial charge in [0.15, 0.2) is 0 Å². The van der Waals surface area contributed by atoms with E-state index in [-0.39, 0.29) is 18.4 Å². The Morgan fingerprint density at radius 2 is 1.94 bits per heavy atom. The van der Waals surface area contributed by atoms with Crippen LogP contribution >= 0.6 is 0 Å². The number of aliphatic carboxylic acids is 1. The molecule has 10 nitrogen and oxygen atoms in total. The van der Waals surface area contributed by atoms with E-state index in [1.54, 1.807) is 22.8 Å². The molecule has 1 spiro atoms. The number of carboxylic acid groups (broad SMARTS) is 1. The van der Waals surface area contributed by atoms with Gasteiger partial charge in [0.2, 0.25) is 11.8 Å². The van der Waals surface area contributed by atoms with E-state index in [4.69, 9.17) is 14.6 Å². The van der Waals surface area contributed by atoms with Crippen LogP contribution in [-0.4, -0.2) is 119 Å². The van der Waals surface area contributed by atoms with Crippen molar-refractivity contribution in [2.75, 3.05) is 59.1 Å². The summed E-state index contributed by atoms with van der Waals surface area (Å²) in [6.45, 7) is 10.5. The molecule has 2 unspecified atom stereocenters. The smallest absolute Gasteiger partial charge is 0.310 e. The first-order chi connectivity index (χ1) is 16.8. The minimum atomic E-state index is -1.12. The second-order valence-corrected chi connectivity index (χ2v) is 10.4. The zero-order valence-electron chi connectivity index (χ0n) is 20.7. The minimum absolute atomic E-state index is 0.0695. The standard InChI is InChI=1S/C25H39N3O7/c1-3-9-27(12-11-26-13-16-34-17-14-26)22(31)20-25-8-7-24(2,35-25)19(23(32)33)18(25)21(30)28(20)10-5-4-6-15-29/h3,18-20,29H,1,4-17H2,2H3,(H,32,33)/t18-,19+,20?,24-,25?/m0/s1. The number of hydrogen-bond acceptors (Lipinski definition) is 7. The fraction of sp³-hybridized carbons (Fsp3) is 0.800. The van der Waals surface area contributed by atoms with Crippen LogP contribution in [0.5, 0.6) is 0 Å². The Morgan fingerprint density at radius 1 is 1.20 bits per heavy atom. The molecule has 0 saturated carbocycles. The maximum Gasteiger partial charge on any atom is 0.310 e. The average Bonchev–Trinajstić information content (AvgIpc) is 3.40. The zero-order valence-corrected chi connectivity index (χ0v) is 20.7. The average molecular weight is 494 g/mol. The molecular formula is C25H39N3O7. The summed E-state index contributed by atoms with van der Waals surface area (Å²) in [5.41, 5.74) is -2.08. The van der Waals surface area contributed by atoms with Crippen molar-refractivity contribution in [3.05, 3.63) is 12.7 Å². The molecule has 4 aliphatic rings. The lowest BCUT2D eigenvalue weighted by Gasteiger charge is -2.37. The summed E-state index contributed by atoms with van der Waals surface area (Å²) >= 11 is 0. The number of carboxylic acids is 1. The summed E-state index contributed by atoms with van der Waals surface area (Å²) in [5.74, 6) is -3.38. The number of amides is 2. The van der Waals surface area contributed by atoms with Gasteiger partial charge in [0.1, 0.15) is 11.6 Å². The van der Waals surface area contributed by atoms with Gasteiger partial charge in [-0.3, -0.25) is 19.3 Å². The van der Waals surface area contributed by atoms with Crippen LogP contribution in [0.3, 0.4) is 0 Å². The summed E-state index contributed by atoms with van der Waals surface area (Å²) in [4.78, 5) is 45.7. The molecule has 4 heterocycles. The van der Waals surface area contributed by atoms with Crippen LogP contribution in [-0.2, 0) is 23.9 Å². The highest BCUT2D eigenvalue weighted by molar-refractivity contribution is 5.98. The van der Waals surface area contributed by atoms with E-state index in [1.807, 2.05) is 0 Å². The van der Waals surface area contributed by atoms with E-state index in [0.29, 0.717) is 71.5 Å². The van der Waals surface area contributed by atoms with Crippen molar-refractivity contribution in [1.82, 2.24) is 14.7 Å². The second kappa shape index (κ2) is 10.5. The monoisotopic (exact) mass is 493 g/mol. The number of aliphatic hydroxyl groups is 1. The van der Waals surface area contributed by atoms with E-state index < -0.39 is 35.0 Å². The zero-order chi connectivity index (χ0) is 25.2. The van der Waals surface area contributed by atoms with Gasteiger partial charge in [-0.25, -0.2) is 0 Å². The van der Waals surface area contributed by atoms with Gasteiger partial charge in [0, 0.05) is 45.9 Å². The third-order valence-electron chi connectivity index (χ3n) is 8.28. The van der Waals surface area contributed by atoms with Crippen LogP contribution in [0, 0.1) is 11.8 Å². The Labute approximate surface area is 206 Å². The van der Waals surface area contributed by atoms with Gasteiger partial charge in [-0.1, -0.05) is 6.08 Å². The van der Waals surface area contributed by atoms with E-state index in [2.05, 4.69) is 11.5 Å². The van der Waals surface area contributed by atoms with Crippen molar-refractivity contribution in [1.29, 1.82) is 0 Å². The van der Waals surface area contributed by atoms with E-state index in [0.717, 1.165) is 13.1 Å². The van der Waals surface area contributed by atoms with Gasteiger partial charge < -0.3 is 29.5 Å². The van der Waals surface area contributed by atoms with Gasteiger partial charge in [0.05, 0.1) is 30.7 Å². The van der Waals surface area contributed by atoms with Crippen LogP contribution in [0.1, 0.15) is 39.0 Å². The molecule has 0 aromatic rings. The largest absolute Gasteiger partial charge is 0.481 e. The van der Waals surface area contributed by atoms with Crippen molar-refractivity contribution in [3.63, 3.8) is 0 Å². The summed E-state index contributed by atoms with van der Waals surface area (Å²) in [6, 6.07) is -0.857. The lowest BCUT2D eigenvalue weighted by molar-refractivity contribution is -0.156. The molecule has 2 bridgehead atoms. The topological polar surface area (TPSA) is 120 Å². The first kappa shape index (κ1) is 26.1. The van der Waals surface area contributed by atoms with Gasteiger partial charge in [-0.15, -0.1) is 6.58 Å². The number of aliphatic hydroxyl groups excluding tert-OH is 1. The predicted octanol–water partition coefficient (Wildman–Crippen LogP) is 0.345. The normalized spacial score (nSPS) is 34.3. The van der Waals surface area contributed by atoms with Crippen molar-refractivity contribution >= 4 is 17.8 Å². The maximum atomic E-state index is 14.1. The van der Waals surface area contributed by atoms with Gasteiger partial charge >= 0.3 is 5.97 Å². The van der Waals surface area contributed by atoms with Crippen molar-refractivity contribution < 1.29 is 34.1 Å². The number of unbranched alkanes of at least 4 members (excludes halogenated alkanes) is 2. The number of ether oxygens (including phenoxy) is 2. The fourth-order valence-corrected chi connectivity index (χ4v) is 6.60. The Balaban J connectivity index is 1.61. The van der Waals surface area contributed by atoms with Crippen molar-refractivity contribution in [2.24, 2.45) is 11.8 Å². The molecule has 2 N–H and O–H groups in total. The lowest BCUT2D eigenvalue weighted by atomic mass is 9.66. The Morgan fingerprint density at radius 3 is 2.60 bits per heavy atom. The molecular weight excluding hydrogens is 454 g/mol. The number of morpholine rings is 1. The second-order valence-electron chi connectivity index (χ2n) is 10.4. The molecule has 0 aromatic heterocycles. The van der Waals surface area contributed by atoms with Gasteiger partial charge in [0.25, 0.3) is 0 Å². The molecule has 2 amide bonds. The first-order valence-corrected chi connectivity index (χ1v) is 12.8. The highest BCUT2D eigenvalue weighted by Crippen LogP contribution is 2.63. The molecule has 0 aromatic carbocycles. The number of fused-ring (bicyclic) bond motifs is 1. The molecule has 0 radical (unpaired) electrons. The number of rotatable bonds is 12. The molecule has 5 atom stereocenters. The SMILES string of the molecule is C=CCN(CCN1CCOCC1)C(=O)C1N(CCCCCO)C(=O)[C@@H]2[C@H](C(=O)O)[C@]3(C)CCC12O3. The fourth-order valence-electron chi connectivity index (χ4n) is 6.60. The van der Waals surface area contributed by atoms with E-state index >= 15 is 0 Å². The van der Waals surface area contributed by atoms with Crippen molar-refractivity contribution in [3.8, 4) is 0 Å². The van der Waals surface area contributed by atoms with Crippen LogP contribution in [0.4, 0.5) is 0 Å². The first-order valence-electron chi connectivity index (χ1n) is 12.8. The molecule has 4 fully saturated rings. The minimum Gasteiger partial charge on any atom is -0.481 e. The molecule has 4 rings (SSSR count). The van der Waals surface area contributed by atoms with Crippen LogP contribution in [0.25, 0.3) is 0 Å². The third-order valence-corrected chi connectivity index (χ3v) is 8.28. The van der Waals surface area contributed by atoms with Crippen LogP contribution in [0.2, 0.25) is 0 Å². The van der Waals surface area contributed by atoms with Crippen molar-refractivity contribution in [2.45, 2.75) is 56.3 Å². The highest BCUT2D eigenvalue weighted by atomic mass is 16.5. The van der Waals surface area contributed by atoms with E-state index in [1.165, 1.54) is 0 Å². The molecule has 196 valence electrons. The molecule has 10 heteroatoms. The maximum absolute atomic E-state index is 14.1. The number of likely N-dealkylation sites (tertiary alicyclic amines) is 1. The summed E-state index contributed by atoms with van der Waals surface area (Å²) in [5, 5.41) is 19.2. The summed E-state index contributed by atoms with van der Waals surface area (Å²) in [6.07, 6.45) is 4.63. The molecule has 4 saturated heterocycles. The number of carbonyl (C=O) groups excluding carboxylic acids is 2. The van der Waals surface area contributed by atoms with Gasteiger partial charge in [-0.2, -0.15) is 0 Å². The Hall–Kier alpha value is -2.01. The Bertz CT molecular complexity index is 832. The van der Waals surface area contributed by atoms with E-state index in [9.17, 15) is 19.5 Å². The highest BCUT2D eigenvalue weighted by Gasteiger charge is 2.78. The third kappa shape index (κ3) is 4.61. The summed E-state index contributed by atoms with van der Waals surface area (Å²) in [7, 11) is 0. The Kier molecular flexibility index (Phi) is 7.85. The predicted molar refractivity (Wildman–Crippen MR) is 127 cm³/mol. The number of nitrogens with zero attached hydrogens (tertiary/aromatic N) is 3. The quantitative estimate of drug-likeness (QED) is 0.295. The molecule has 0 aliphatic carbocycles. The number of carbonyl (C=O) groups is 3. The van der Waals surface area contributed by atoms with Crippen LogP contribution in [0.15, 0.2) is 12.7 Å². The molecule has 4 aliphatic heterocycles.